The fourth-order valence-corrected chi connectivity index (χ4v) is 3.15. The molecule has 98 valence electrons. The van der Waals surface area contributed by atoms with Gasteiger partial charge in [-0.3, -0.25) is 10.4 Å². The van der Waals surface area contributed by atoms with Crippen molar-refractivity contribution in [2.45, 2.75) is 18.8 Å². The molecule has 0 aromatic carbocycles. The van der Waals surface area contributed by atoms with Gasteiger partial charge in [-0.25, -0.2) is 0 Å². The number of hydrazone groups is 1. The number of hydrogen-bond donors (Lipinski definition) is 2. The summed E-state index contributed by atoms with van der Waals surface area (Å²) in [6, 6.07) is 4.21. The van der Waals surface area contributed by atoms with E-state index in [0.717, 1.165) is 11.6 Å². The van der Waals surface area contributed by atoms with E-state index in [1.807, 2.05) is 6.20 Å². The minimum atomic E-state index is 0.158. The number of aromatic nitrogens is 1. The van der Waals surface area contributed by atoms with Gasteiger partial charge in [0, 0.05) is 6.20 Å². The van der Waals surface area contributed by atoms with Crippen LogP contribution in [-0.2, 0) is 0 Å². The molecule has 1 aromatic heterocycles. The fourth-order valence-electron chi connectivity index (χ4n) is 3.09. The van der Waals surface area contributed by atoms with Gasteiger partial charge in [0.25, 0.3) is 0 Å². The summed E-state index contributed by atoms with van der Waals surface area (Å²) in [5.41, 5.74) is 10.0. The molecule has 2 bridgehead atoms. The zero-order chi connectivity index (χ0) is 13.2. The molecule has 0 saturated heterocycles. The number of nitrogens with zero attached hydrogens (tertiary/aromatic N) is 2. The zero-order valence-corrected chi connectivity index (χ0v) is 11.3. The lowest BCUT2D eigenvalue weighted by molar-refractivity contribution is 0.585. The molecule has 3 N–H and O–H groups in total. The topological polar surface area (TPSA) is 63.3 Å². The van der Waals surface area contributed by atoms with Crippen molar-refractivity contribution >= 4 is 23.5 Å². The van der Waals surface area contributed by atoms with Crippen LogP contribution in [0.1, 0.15) is 30.0 Å². The van der Waals surface area contributed by atoms with Gasteiger partial charge in [-0.1, -0.05) is 12.2 Å². The van der Waals surface area contributed by atoms with Gasteiger partial charge in [-0.05, 0) is 60.5 Å². The number of thiocarbonyl (C=S) groups is 1. The molecule has 0 spiro atoms. The first-order chi connectivity index (χ1) is 9.22. The molecule has 19 heavy (non-hydrogen) atoms. The Hall–Kier alpha value is -1.75. The summed E-state index contributed by atoms with van der Waals surface area (Å²) in [4.78, 5) is 4.28. The molecule has 3 unspecified atom stereocenters. The fraction of sp³-hybridized carbons (Fsp3) is 0.357. The standard InChI is InChI=1S/C14H16N4S/c15-14(19)18-17-8-12-7-11(3-4-16-12)13-6-9-1-2-10(13)5-9/h1-4,7-10,13H,5-6H2,(H3,15,18,19). The smallest absolute Gasteiger partial charge is 0.184 e. The van der Waals surface area contributed by atoms with Gasteiger partial charge in [-0.2, -0.15) is 5.10 Å². The maximum Gasteiger partial charge on any atom is 0.184 e. The lowest BCUT2D eigenvalue weighted by Gasteiger charge is -2.18. The van der Waals surface area contributed by atoms with E-state index in [-0.39, 0.29) is 5.11 Å². The monoisotopic (exact) mass is 272 g/mol. The molecule has 2 aliphatic carbocycles. The second kappa shape index (κ2) is 5.09. The van der Waals surface area contributed by atoms with Crippen molar-refractivity contribution in [2.24, 2.45) is 22.7 Å². The third-order valence-corrected chi connectivity index (χ3v) is 3.98. The van der Waals surface area contributed by atoms with Gasteiger partial charge in [-0.15, -0.1) is 0 Å². The molecule has 1 fully saturated rings. The van der Waals surface area contributed by atoms with Crippen LogP contribution in [0.15, 0.2) is 35.6 Å². The first-order valence-corrected chi connectivity index (χ1v) is 6.86. The lowest BCUT2D eigenvalue weighted by Crippen LogP contribution is -2.24. The van der Waals surface area contributed by atoms with E-state index in [1.54, 1.807) is 6.21 Å². The SMILES string of the molecule is NC(=S)NN=Cc1cc(C2CC3C=CC2C3)ccn1. The van der Waals surface area contributed by atoms with Crippen LogP contribution in [0.25, 0.3) is 0 Å². The Kier molecular flexibility index (Phi) is 3.29. The minimum absolute atomic E-state index is 0.158. The summed E-state index contributed by atoms with van der Waals surface area (Å²) in [7, 11) is 0. The summed E-state index contributed by atoms with van der Waals surface area (Å²) in [6.07, 6.45) is 10.8. The molecule has 5 heteroatoms. The predicted molar refractivity (Wildman–Crippen MR) is 79.8 cm³/mol. The highest BCUT2D eigenvalue weighted by molar-refractivity contribution is 7.80. The van der Waals surface area contributed by atoms with Crippen molar-refractivity contribution in [3.63, 3.8) is 0 Å². The van der Waals surface area contributed by atoms with Crippen LogP contribution in [-0.4, -0.2) is 16.3 Å². The molecule has 2 aliphatic rings. The van der Waals surface area contributed by atoms with Crippen LogP contribution in [0.3, 0.4) is 0 Å². The maximum absolute atomic E-state index is 5.31. The molecule has 1 aromatic rings. The Morgan fingerprint density at radius 3 is 3.05 bits per heavy atom. The van der Waals surface area contributed by atoms with Crippen molar-refractivity contribution in [3.05, 3.63) is 41.7 Å². The van der Waals surface area contributed by atoms with Gasteiger partial charge in [0.1, 0.15) is 0 Å². The number of pyridine rings is 1. The molecule has 3 rings (SSSR count). The van der Waals surface area contributed by atoms with Crippen LogP contribution in [0.2, 0.25) is 0 Å². The van der Waals surface area contributed by atoms with Crippen molar-refractivity contribution in [1.82, 2.24) is 10.4 Å². The summed E-state index contributed by atoms with van der Waals surface area (Å²) in [5, 5.41) is 4.10. The van der Waals surface area contributed by atoms with Gasteiger partial charge >= 0.3 is 0 Å². The third-order valence-electron chi connectivity index (χ3n) is 3.88. The van der Waals surface area contributed by atoms with Crippen LogP contribution in [0.4, 0.5) is 0 Å². The van der Waals surface area contributed by atoms with Gasteiger partial charge in [0.05, 0.1) is 11.9 Å². The van der Waals surface area contributed by atoms with E-state index in [2.05, 4.69) is 52.0 Å². The second-order valence-electron chi connectivity index (χ2n) is 5.14. The van der Waals surface area contributed by atoms with E-state index >= 15 is 0 Å². The molecule has 1 heterocycles. The Morgan fingerprint density at radius 2 is 2.37 bits per heavy atom. The quantitative estimate of drug-likeness (QED) is 0.382. The largest absolute Gasteiger partial charge is 0.375 e. The highest BCUT2D eigenvalue weighted by Crippen LogP contribution is 2.48. The van der Waals surface area contributed by atoms with Crippen molar-refractivity contribution < 1.29 is 0 Å². The average molecular weight is 272 g/mol. The Bertz CT molecular complexity index is 552. The third kappa shape index (κ3) is 2.66. The average Bonchev–Trinajstić information content (AvgIpc) is 3.01. The molecule has 3 atom stereocenters. The number of nitrogens with two attached hydrogens (primary N) is 1. The first-order valence-electron chi connectivity index (χ1n) is 6.45. The van der Waals surface area contributed by atoms with Crippen LogP contribution >= 0.6 is 12.2 Å². The van der Waals surface area contributed by atoms with Gasteiger partial charge in [0.2, 0.25) is 0 Å². The second-order valence-corrected chi connectivity index (χ2v) is 5.57. The number of hydrogen-bond acceptors (Lipinski definition) is 3. The Labute approximate surface area is 117 Å². The molecule has 1 saturated carbocycles. The molecule has 0 radical (unpaired) electrons. The predicted octanol–water partition coefficient (Wildman–Crippen LogP) is 1.93. The van der Waals surface area contributed by atoms with Crippen molar-refractivity contribution in [3.8, 4) is 0 Å². The van der Waals surface area contributed by atoms with Crippen molar-refractivity contribution in [2.75, 3.05) is 0 Å². The normalized spacial score (nSPS) is 28.1. The number of nitrogens with one attached hydrogen (secondary N) is 1. The van der Waals surface area contributed by atoms with Crippen LogP contribution in [0.5, 0.6) is 0 Å². The molecule has 4 nitrogen and oxygen atoms in total. The Balaban J connectivity index is 1.75. The van der Waals surface area contributed by atoms with E-state index in [1.165, 1.54) is 18.4 Å². The summed E-state index contributed by atoms with van der Waals surface area (Å²) < 4.78 is 0. The van der Waals surface area contributed by atoms with Gasteiger partial charge in [0.15, 0.2) is 5.11 Å². The Morgan fingerprint density at radius 1 is 1.47 bits per heavy atom. The molecule has 0 aliphatic heterocycles. The van der Waals surface area contributed by atoms with E-state index in [0.29, 0.717) is 11.8 Å². The van der Waals surface area contributed by atoms with E-state index in [4.69, 9.17) is 5.73 Å². The summed E-state index contributed by atoms with van der Waals surface area (Å²) >= 11 is 4.68. The summed E-state index contributed by atoms with van der Waals surface area (Å²) in [5.74, 6) is 2.11. The van der Waals surface area contributed by atoms with Gasteiger partial charge < -0.3 is 5.73 Å². The molecular formula is C14H16N4S. The molecule has 0 amide bonds. The highest BCUT2D eigenvalue weighted by atomic mass is 32.1. The van der Waals surface area contributed by atoms with Crippen LogP contribution < -0.4 is 11.2 Å². The van der Waals surface area contributed by atoms with E-state index in [9.17, 15) is 0 Å². The number of allylic oxidation sites excluding steroid dienone is 2. The lowest BCUT2D eigenvalue weighted by atomic mass is 9.87. The highest BCUT2D eigenvalue weighted by Gasteiger charge is 2.36. The van der Waals surface area contributed by atoms with Crippen molar-refractivity contribution in [1.29, 1.82) is 0 Å². The molecular weight excluding hydrogens is 256 g/mol. The first kappa shape index (κ1) is 12.3. The number of rotatable bonds is 3. The van der Waals surface area contributed by atoms with Crippen LogP contribution in [0, 0.1) is 11.8 Å². The summed E-state index contributed by atoms with van der Waals surface area (Å²) in [6.45, 7) is 0. The zero-order valence-electron chi connectivity index (χ0n) is 10.5. The van der Waals surface area contributed by atoms with E-state index < -0.39 is 0 Å². The minimum Gasteiger partial charge on any atom is -0.375 e. The maximum atomic E-state index is 5.31. The number of fused-ring (bicyclic) bond motifs is 2.